The number of ether oxygens (including phenoxy) is 2. The second-order valence-electron chi connectivity index (χ2n) is 2.25. The van der Waals surface area contributed by atoms with Crippen molar-refractivity contribution in [2.45, 2.75) is 0 Å². The van der Waals surface area contributed by atoms with E-state index >= 15 is 0 Å². The topological polar surface area (TPSA) is 35.5 Å². The summed E-state index contributed by atoms with van der Waals surface area (Å²) in [5.74, 6) is 1.05. The molecule has 2 bridgehead atoms. The zero-order valence-corrected chi connectivity index (χ0v) is 5.96. The molecule has 0 unspecified atom stereocenters. The molecule has 2 aliphatic rings. The summed E-state index contributed by atoms with van der Waals surface area (Å²) < 4.78 is 9.59. The van der Waals surface area contributed by atoms with Gasteiger partial charge in [0.05, 0.1) is 7.11 Å². The lowest BCUT2D eigenvalue weighted by Crippen LogP contribution is -2.07. The number of benzene rings is 1. The maximum atomic E-state index is 11.0. The van der Waals surface area contributed by atoms with Crippen molar-refractivity contribution in [3.05, 3.63) is 23.8 Å². The average Bonchev–Trinajstić information content (AvgIpc) is 2.02. The van der Waals surface area contributed by atoms with Crippen LogP contribution in [0.25, 0.3) is 0 Å². The van der Waals surface area contributed by atoms with Crippen LogP contribution in [0.2, 0.25) is 0 Å². The maximum Gasteiger partial charge on any atom is 0.341 e. The van der Waals surface area contributed by atoms with Crippen molar-refractivity contribution in [2.75, 3.05) is 7.11 Å². The van der Waals surface area contributed by atoms with Gasteiger partial charge in [0.25, 0.3) is 0 Å². The van der Waals surface area contributed by atoms with Gasteiger partial charge in [0.15, 0.2) is 0 Å². The Morgan fingerprint density at radius 3 is 2.73 bits per heavy atom. The SMILES string of the molecule is COC(=O)c1ccc2cc1O2. The Hall–Kier alpha value is -1.51. The lowest BCUT2D eigenvalue weighted by molar-refractivity contribution is 0.0596. The third-order valence-corrected chi connectivity index (χ3v) is 1.59. The van der Waals surface area contributed by atoms with Crippen LogP contribution in [0, 0.1) is 0 Å². The van der Waals surface area contributed by atoms with Crippen LogP contribution in [0.3, 0.4) is 0 Å². The molecule has 0 spiro atoms. The van der Waals surface area contributed by atoms with E-state index in [-0.39, 0.29) is 5.97 Å². The summed E-state index contributed by atoms with van der Waals surface area (Å²) in [5.41, 5.74) is 0.488. The summed E-state index contributed by atoms with van der Waals surface area (Å²) in [5, 5.41) is 0. The number of carbonyl (C=O) groups excluding carboxylic acids is 1. The van der Waals surface area contributed by atoms with E-state index in [1.165, 1.54) is 7.11 Å². The first-order valence-corrected chi connectivity index (χ1v) is 3.21. The van der Waals surface area contributed by atoms with Crippen molar-refractivity contribution < 1.29 is 14.3 Å². The lowest BCUT2D eigenvalue weighted by atomic mass is 10.1. The third kappa shape index (κ3) is 0.774. The van der Waals surface area contributed by atoms with Crippen LogP contribution in [-0.2, 0) is 4.74 Å². The van der Waals surface area contributed by atoms with Gasteiger partial charge in [-0.25, -0.2) is 4.79 Å². The number of esters is 1. The molecule has 11 heavy (non-hydrogen) atoms. The van der Waals surface area contributed by atoms with Gasteiger partial charge < -0.3 is 9.47 Å². The molecule has 0 saturated heterocycles. The Morgan fingerprint density at radius 1 is 1.55 bits per heavy atom. The van der Waals surface area contributed by atoms with E-state index < -0.39 is 0 Å². The monoisotopic (exact) mass is 150 g/mol. The Balaban J connectivity index is 2.41. The first kappa shape index (κ1) is 6.22. The maximum absolute atomic E-state index is 11.0. The highest BCUT2D eigenvalue weighted by Crippen LogP contribution is 2.37. The summed E-state index contributed by atoms with van der Waals surface area (Å²) in [6.07, 6.45) is 0. The van der Waals surface area contributed by atoms with E-state index in [2.05, 4.69) is 4.74 Å². The standard InChI is InChI=1S/C8H6O3/c1-10-8(9)6-3-2-5-4-7(6)11-5/h2-4H,1H3. The highest BCUT2D eigenvalue weighted by atomic mass is 16.5. The van der Waals surface area contributed by atoms with Crippen LogP contribution in [0.1, 0.15) is 10.4 Å². The summed E-state index contributed by atoms with van der Waals surface area (Å²) in [6.45, 7) is 0. The number of fused-ring (bicyclic) bond motifs is 2. The van der Waals surface area contributed by atoms with Crippen molar-refractivity contribution in [1.82, 2.24) is 0 Å². The summed E-state index contributed by atoms with van der Waals surface area (Å²) >= 11 is 0. The van der Waals surface area contributed by atoms with Crippen molar-refractivity contribution in [2.24, 2.45) is 0 Å². The smallest absolute Gasteiger partial charge is 0.341 e. The van der Waals surface area contributed by atoms with Crippen molar-refractivity contribution in [1.29, 1.82) is 0 Å². The van der Waals surface area contributed by atoms with Crippen molar-refractivity contribution >= 4 is 5.97 Å². The van der Waals surface area contributed by atoms with E-state index in [1.54, 1.807) is 18.2 Å². The predicted molar refractivity (Wildman–Crippen MR) is 37.9 cm³/mol. The molecule has 3 rings (SSSR count). The van der Waals surface area contributed by atoms with Gasteiger partial charge in [-0.2, -0.15) is 0 Å². The highest BCUT2D eigenvalue weighted by Gasteiger charge is 2.20. The molecule has 0 fully saturated rings. The molecular weight excluding hydrogens is 144 g/mol. The molecule has 56 valence electrons. The number of hydrogen-bond acceptors (Lipinski definition) is 3. The molecule has 2 heterocycles. The van der Waals surface area contributed by atoms with Gasteiger partial charge >= 0.3 is 5.97 Å². The molecule has 0 saturated carbocycles. The molecule has 1 aromatic carbocycles. The van der Waals surface area contributed by atoms with Crippen LogP contribution in [-0.4, -0.2) is 13.1 Å². The van der Waals surface area contributed by atoms with Crippen LogP contribution in [0.4, 0.5) is 0 Å². The second-order valence-corrected chi connectivity index (χ2v) is 2.25. The number of rotatable bonds is 1. The Labute approximate surface area is 63.5 Å². The first-order chi connectivity index (χ1) is 5.31. The predicted octanol–water partition coefficient (Wildman–Crippen LogP) is 1.58. The summed E-state index contributed by atoms with van der Waals surface area (Å²) in [7, 11) is 1.35. The molecule has 3 nitrogen and oxygen atoms in total. The van der Waals surface area contributed by atoms with Crippen LogP contribution < -0.4 is 4.74 Å². The largest absolute Gasteiger partial charge is 0.465 e. The quantitative estimate of drug-likeness (QED) is 0.579. The first-order valence-electron chi connectivity index (χ1n) is 3.21. The summed E-state index contributed by atoms with van der Waals surface area (Å²) in [4.78, 5) is 11.0. The van der Waals surface area contributed by atoms with E-state index in [0.29, 0.717) is 11.3 Å². The van der Waals surface area contributed by atoms with Gasteiger partial charge in [-0.1, -0.05) is 0 Å². The van der Waals surface area contributed by atoms with Gasteiger partial charge in [0.1, 0.15) is 17.1 Å². The fourth-order valence-electron chi connectivity index (χ4n) is 0.998. The minimum Gasteiger partial charge on any atom is -0.465 e. The molecule has 0 amide bonds. The fraction of sp³-hybridized carbons (Fsp3) is 0.125. The molecular formula is C8H6O3. The fourth-order valence-corrected chi connectivity index (χ4v) is 0.998. The van der Waals surface area contributed by atoms with Crippen LogP contribution in [0.15, 0.2) is 18.2 Å². The number of methoxy groups -OCH3 is 1. The van der Waals surface area contributed by atoms with Gasteiger partial charge in [0, 0.05) is 6.07 Å². The zero-order chi connectivity index (χ0) is 7.84. The molecule has 0 radical (unpaired) electrons. The molecule has 2 aliphatic heterocycles. The van der Waals surface area contributed by atoms with Crippen molar-refractivity contribution in [3.63, 3.8) is 0 Å². The minimum absolute atomic E-state index is 0.355. The van der Waals surface area contributed by atoms with Gasteiger partial charge in [-0.05, 0) is 12.1 Å². The molecule has 0 aromatic heterocycles. The number of hydrogen-bond donors (Lipinski definition) is 0. The Morgan fingerprint density at radius 2 is 2.27 bits per heavy atom. The highest BCUT2D eigenvalue weighted by molar-refractivity contribution is 5.93. The Kier molecular flexibility index (Phi) is 1.12. The molecule has 1 aromatic rings. The molecule has 3 heteroatoms. The lowest BCUT2D eigenvalue weighted by Gasteiger charge is -2.18. The second kappa shape index (κ2) is 1.99. The van der Waals surface area contributed by atoms with E-state index in [0.717, 1.165) is 5.75 Å². The Bertz CT molecular complexity index is 313. The van der Waals surface area contributed by atoms with Crippen LogP contribution >= 0.6 is 0 Å². The zero-order valence-electron chi connectivity index (χ0n) is 5.96. The number of carbonyl (C=O) groups is 1. The van der Waals surface area contributed by atoms with Crippen LogP contribution in [0.5, 0.6) is 11.5 Å². The minimum atomic E-state index is -0.355. The van der Waals surface area contributed by atoms with Gasteiger partial charge in [-0.15, -0.1) is 0 Å². The third-order valence-electron chi connectivity index (χ3n) is 1.59. The average molecular weight is 150 g/mol. The summed E-state index contributed by atoms with van der Waals surface area (Å²) in [6, 6.07) is 5.23. The molecule has 0 N–H and O–H groups in total. The normalized spacial score (nSPS) is 11.4. The van der Waals surface area contributed by atoms with E-state index in [9.17, 15) is 4.79 Å². The molecule has 0 aliphatic carbocycles. The van der Waals surface area contributed by atoms with Gasteiger partial charge in [0.2, 0.25) is 0 Å². The van der Waals surface area contributed by atoms with Crippen molar-refractivity contribution in [3.8, 4) is 11.5 Å². The van der Waals surface area contributed by atoms with Gasteiger partial charge in [-0.3, -0.25) is 0 Å². The van der Waals surface area contributed by atoms with E-state index in [4.69, 9.17) is 4.74 Å². The van der Waals surface area contributed by atoms with E-state index in [1.807, 2.05) is 0 Å². The molecule has 0 atom stereocenters.